The van der Waals surface area contributed by atoms with Crippen molar-refractivity contribution in [1.29, 1.82) is 0 Å². The highest BCUT2D eigenvalue weighted by Gasteiger charge is 2.37. The van der Waals surface area contributed by atoms with Crippen LogP contribution in [0.2, 0.25) is 0 Å². The maximum Gasteiger partial charge on any atom is 0.0571 e. The minimum Gasteiger partial charge on any atom is -0.381 e. The Morgan fingerprint density at radius 1 is 1.07 bits per heavy atom. The molecule has 0 aromatic rings. The first kappa shape index (κ1) is 10.4. The first-order valence-electron chi connectivity index (χ1n) is 5.95. The molecule has 1 saturated carbocycles. The van der Waals surface area contributed by atoms with Gasteiger partial charge in [-0.3, -0.25) is 0 Å². The quantitative estimate of drug-likeness (QED) is 0.639. The fourth-order valence-corrected chi connectivity index (χ4v) is 3.03. The van der Waals surface area contributed by atoms with Crippen molar-refractivity contribution >= 4 is 0 Å². The molecule has 2 rings (SSSR count). The number of methoxy groups -OCH3 is 1. The van der Waals surface area contributed by atoms with Crippen molar-refractivity contribution in [3.05, 3.63) is 0 Å². The highest BCUT2D eigenvalue weighted by atomic mass is 16.5. The zero-order valence-corrected chi connectivity index (χ0v) is 9.59. The number of likely N-dealkylation sites (tertiary alicyclic amines) is 1. The number of ether oxygens (including phenoxy) is 1. The van der Waals surface area contributed by atoms with Crippen molar-refractivity contribution in [2.45, 2.75) is 44.6 Å². The molecule has 2 fully saturated rings. The van der Waals surface area contributed by atoms with Crippen molar-refractivity contribution in [1.82, 2.24) is 4.90 Å². The van der Waals surface area contributed by atoms with Crippen LogP contribution in [0.3, 0.4) is 0 Å². The molecule has 0 atom stereocenters. The summed E-state index contributed by atoms with van der Waals surface area (Å²) in [5, 5.41) is 0. The fraction of sp³-hybridized carbons (Fsp3) is 1.00. The van der Waals surface area contributed by atoms with Crippen LogP contribution in [0.4, 0.5) is 0 Å². The molecule has 82 valence electrons. The molecular weight excluding hydrogens is 174 g/mol. The summed E-state index contributed by atoms with van der Waals surface area (Å²) in [5.41, 5.74) is 0.696. The number of rotatable bonds is 1. The van der Waals surface area contributed by atoms with Gasteiger partial charge in [0.15, 0.2) is 0 Å². The summed E-state index contributed by atoms with van der Waals surface area (Å²) in [7, 11) is 4.10. The lowest BCUT2D eigenvalue weighted by Gasteiger charge is -2.45. The normalized spacial score (nSPS) is 29.6. The molecule has 1 saturated heterocycles. The highest BCUT2D eigenvalue weighted by Crippen LogP contribution is 2.44. The Bertz CT molecular complexity index is 175. The van der Waals surface area contributed by atoms with E-state index in [0.717, 1.165) is 0 Å². The van der Waals surface area contributed by atoms with Gasteiger partial charge < -0.3 is 9.64 Å². The third-order valence-corrected chi connectivity index (χ3v) is 4.37. The maximum atomic E-state index is 5.44. The van der Waals surface area contributed by atoms with Crippen molar-refractivity contribution in [2.24, 2.45) is 5.41 Å². The van der Waals surface area contributed by atoms with Gasteiger partial charge in [0.25, 0.3) is 0 Å². The van der Waals surface area contributed by atoms with E-state index in [1.54, 1.807) is 0 Å². The molecule has 14 heavy (non-hydrogen) atoms. The van der Waals surface area contributed by atoms with Gasteiger partial charge in [-0.05, 0) is 64.1 Å². The summed E-state index contributed by atoms with van der Waals surface area (Å²) in [5.74, 6) is 0. The van der Waals surface area contributed by atoms with Crippen LogP contribution in [0.5, 0.6) is 0 Å². The van der Waals surface area contributed by atoms with E-state index in [0.29, 0.717) is 11.5 Å². The maximum absolute atomic E-state index is 5.44. The van der Waals surface area contributed by atoms with Gasteiger partial charge in [0.1, 0.15) is 0 Å². The summed E-state index contributed by atoms with van der Waals surface area (Å²) in [6.07, 6.45) is 8.78. The lowest BCUT2D eigenvalue weighted by atomic mass is 9.67. The van der Waals surface area contributed by atoms with Crippen molar-refractivity contribution in [3.63, 3.8) is 0 Å². The Labute approximate surface area is 87.6 Å². The molecule has 2 aliphatic rings. The van der Waals surface area contributed by atoms with Gasteiger partial charge >= 0.3 is 0 Å². The van der Waals surface area contributed by atoms with Crippen LogP contribution in [0.15, 0.2) is 0 Å². The van der Waals surface area contributed by atoms with Crippen molar-refractivity contribution in [3.8, 4) is 0 Å². The fourth-order valence-electron chi connectivity index (χ4n) is 3.03. The van der Waals surface area contributed by atoms with Crippen LogP contribution in [-0.2, 0) is 4.74 Å². The third kappa shape index (κ3) is 2.12. The van der Waals surface area contributed by atoms with Gasteiger partial charge in [-0.25, -0.2) is 0 Å². The van der Waals surface area contributed by atoms with Gasteiger partial charge in [0, 0.05) is 7.11 Å². The van der Waals surface area contributed by atoms with Gasteiger partial charge in [-0.1, -0.05) is 0 Å². The molecule has 0 radical (unpaired) electrons. The first-order chi connectivity index (χ1) is 6.74. The lowest BCUT2D eigenvalue weighted by Crippen LogP contribution is -2.41. The third-order valence-electron chi connectivity index (χ3n) is 4.37. The van der Waals surface area contributed by atoms with E-state index in [1.807, 2.05) is 7.11 Å². The van der Waals surface area contributed by atoms with Crippen LogP contribution < -0.4 is 0 Å². The summed E-state index contributed by atoms with van der Waals surface area (Å²) in [6.45, 7) is 2.61. The van der Waals surface area contributed by atoms with E-state index in [-0.39, 0.29) is 0 Å². The molecule has 1 aliphatic carbocycles. The molecule has 2 nitrogen and oxygen atoms in total. The number of piperidine rings is 1. The Morgan fingerprint density at radius 3 is 2.14 bits per heavy atom. The topological polar surface area (TPSA) is 12.5 Å². The van der Waals surface area contributed by atoms with Crippen LogP contribution in [0.25, 0.3) is 0 Å². The van der Waals surface area contributed by atoms with Crippen molar-refractivity contribution < 1.29 is 4.74 Å². The smallest absolute Gasteiger partial charge is 0.0571 e. The van der Waals surface area contributed by atoms with Crippen LogP contribution in [0, 0.1) is 5.41 Å². The van der Waals surface area contributed by atoms with Gasteiger partial charge in [0.05, 0.1) is 6.10 Å². The minimum atomic E-state index is 0.556. The number of nitrogens with zero attached hydrogens (tertiary/aromatic N) is 1. The zero-order valence-electron chi connectivity index (χ0n) is 9.59. The first-order valence-corrected chi connectivity index (χ1v) is 5.95. The Hall–Kier alpha value is -0.0800. The summed E-state index contributed by atoms with van der Waals surface area (Å²) < 4.78 is 5.44. The molecule has 0 N–H and O–H groups in total. The number of hydrogen-bond acceptors (Lipinski definition) is 2. The average molecular weight is 197 g/mol. The summed E-state index contributed by atoms with van der Waals surface area (Å²) in [4.78, 5) is 2.47. The molecule has 0 aromatic heterocycles. The molecule has 2 heteroatoms. The lowest BCUT2D eigenvalue weighted by molar-refractivity contribution is 0.000835. The average Bonchev–Trinajstić information content (AvgIpc) is 2.24. The highest BCUT2D eigenvalue weighted by molar-refractivity contribution is 4.89. The van der Waals surface area contributed by atoms with Gasteiger partial charge in [0.2, 0.25) is 0 Å². The number of hydrogen-bond donors (Lipinski definition) is 0. The Balaban J connectivity index is 1.86. The van der Waals surface area contributed by atoms with Crippen LogP contribution in [-0.4, -0.2) is 38.3 Å². The standard InChI is InChI=1S/C12H23NO/c1-13-9-7-12(8-10-13)5-3-11(14-2)4-6-12/h11H,3-10H2,1-2H3. The second-order valence-electron chi connectivity index (χ2n) is 5.24. The molecular formula is C12H23NO. The largest absolute Gasteiger partial charge is 0.381 e. The van der Waals surface area contributed by atoms with E-state index in [4.69, 9.17) is 4.74 Å². The van der Waals surface area contributed by atoms with Crippen LogP contribution >= 0.6 is 0 Å². The zero-order chi connectivity index (χ0) is 10.0. The summed E-state index contributed by atoms with van der Waals surface area (Å²) in [6, 6.07) is 0. The SMILES string of the molecule is COC1CCC2(CC1)CCN(C)CC2. The monoisotopic (exact) mass is 197 g/mol. The molecule has 0 unspecified atom stereocenters. The van der Waals surface area contributed by atoms with E-state index >= 15 is 0 Å². The predicted octanol–water partition coefficient (Wildman–Crippen LogP) is 2.29. The van der Waals surface area contributed by atoms with Gasteiger partial charge in [-0.15, -0.1) is 0 Å². The minimum absolute atomic E-state index is 0.556. The molecule has 0 bridgehead atoms. The molecule has 1 spiro atoms. The summed E-state index contributed by atoms with van der Waals surface area (Å²) >= 11 is 0. The molecule has 0 amide bonds. The Morgan fingerprint density at radius 2 is 1.64 bits per heavy atom. The van der Waals surface area contributed by atoms with E-state index < -0.39 is 0 Å². The second kappa shape index (κ2) is 4.19. The molecule has 1 aliphatic heterocycles. The second-order valence-corrected chi connectivity index (χ2v) is 5.24. The van der Waals surface area contributed by atoms with Gasteiger partial charge in [-0.2, -0.15) is 0 Å². The predicted molar refractivity (Wildman–Crippen MR) is 58.4 cm³/mol. The molecule has 0 aromatic carbocycles. The Kier molecular flexibility index (Phi) is 3.13. The van der Waals surface area contributed by atoms with E-state index in [2.05, 4.69) is 11.9 Å². The van der Waals surface area contributed by atoms with E-state index in [9.17, 15) is 0 Å². The van der Waals surface area contributed by atoms with Crippen molar-refractivity contribution in [2.75, 3.05) is 27.2 Å². The van der Waals surface area contributed by atoms with E-state index in [1.165, 1.54) is 51.6 Å². The molecule has 1 heterocycles. The van der Waals surface area contributed by atoms with Crippen LogP contribution in [0.1, 0.15) is 38.5 Å².